The van der Waals surface area contributed by atoms with Crippen molar-refractivity contribution in [3.63, 3.8) is 0 Å². The van der Waals surface area contributed by atoms with E-state index in [1.54, 1.807) is 0 Å². The molecule has 0 amide bonds. The van der Waals surface area contributed by atoms with E-state index in [4.69, 9.17) is 5.11 Å². The van der Waals surface area contributed by atoms with E-state index in [-0.39, 0.29) is 0 Å². The van der Waals surface area contributed by atoms with Crippen LogP contribution in [-0.2, 0) is 4.79 Å². The normalized spacial score (nSPS) is 29.5. The number of hydrogen-bond acceptors (Lipinski definition) is 1. The lowest BCUT2D eigenvalue weighted by molar-refractivity contribution is -0.131. The first-order valence-corrected chi connectivity index (χ1v) is 6.42. The predicted molar refractivity (Wildman–Crippen MR) is 70.8 cm³/mol. The molecule has 1 aliphatic rings. The summed E-state index contributed by atoms with van der Waals surface area (Å²) in [6, 6.07) is 0. The third-order valence-electron chi connectivity index (χ3n) is 3.91. The number of carboxylic acids is 1. The summed E-state index contributed by atoms with van der Waals surface area (Å²) in [6.45, 7) is 8.76. The van der Waals surface area contributed by atoms with Gasteiger partial charge in [-0.1, -0.05) is 45.8 Å². The number of aliphatic carboxylic acids is 1. The molecule has 1 saturated carbocycles. The Balaban J connectivity index is 2.77. The molecule has 0 aromatic heterocycles. The van der Waals surface area contributed by atoms with Gasteiger partial charge in [-0.05, 0) is 36.2 Å². The zero-order chi connectivity index (χ0) is 13.1. The third kappa shape index (κ3) is 4.03. The van der Waals surface area contributed by atoms with Crippen molar-refractivity contribution in [3.8, 4) is 0 Å². The Kier molecular flexibility index (Phi) is 4.55. The van der Waals surface area contributed by atoms with Crippen LogP contribution in [0.1, 0.15) is 47.0 Å². The molecule has 1 rings (SSSR count). The second kappa shape index (κ2) is 5.52. The molecule has 0 aromatic rings. The minimum atomic E-state index is -0.872. The van der Waals surface area contributed by atoms with Crippen molar-refractivity contribution in [2.75, 3.05) is 0 Å². The van der Waals surface area contributed by atoms with Crippen molar-refractivity contribution in [3.05, 3.63) is 23.8 Å². The van der Waals surface area contributed by atoms with Crippen LogP contribution >= 0.6 is 0 Å². The van der Waals surface area contributed by atoms with Crippen molar-refractivity contribution in [1.82, 2.24) is 0 Å². The van der Waals surface area contributed by atoms with E-state index in [1.165, 1.54) is 25.3 Å². The van der Waals surface area contributed by atoms with Gasteiger partial charge in [-0.25, -0.2) is 4.79 Å². The van der Waals surface area contributed by atoms with Crippen LogP contribution < -0.4 is 0 Å². The fourth-order valence-electron chi connectivity index (χ4n) is 2.94. The van der Waals surface area contributed by atoms with Crippen LogP contribution in [0.15, 0.2) is 23.8 Å². The Morgan fingerprint density at radius 3 is 2.59 bits per heavy atom. The van der Waals surface area contributed by atoms with E-state index in [0.29, 0.717) is 17.3 Å². The molecule has 2 heteroatoms. The highest BCUT2D eigenvalue weighted by Crippen LogP contribution is 2.44. The number of allylic oxidation sites excluding steroid dienone is 3. The molecule has 1 aliphatic carbocycles. The second-order valence-corrected chi connectivity index (χ2v) is 5.97. The van der Waals surface area contributed by atoms with Crippen molar-refractivity contribution >= 4 is 5.97 Å². The van der Waals surface area contributed by atoms with Gasteiger partial charge in [0.2, 0.25) is 0 Å². The zero-order valence-corrected chi connectivity index (χ0v) is 11.4. The summed E-state index contributed by atoms with van der Waals surface area (Å²) in [5, 5.41) is 8.67. The maximum Gasteiger partial charge on any atom is 0.328 e. The van der Waals surface area contributed by atoms with E-state index in [1.807, 2.05) is 13.0 Å². The van der Waals surface area contributed by atoms with Crippen LogP contribution in [0.3, 0.4) is 0 Å². The van der Waals surface area contributed by atoms with Crippen molar-refractivity contribution in [2.45, 2.75) is 47.0 Å². The Morgan fingerprint density at radius 1 is 1.41 bits per heavy atom. The molecule has 0 bridgehead atoms. The molecule has 17 heavy (non-hydrogen) atoms. The number of carboxylic acid groups (broad SMARTS) is 1. The number of rotatable bonds is 3. The molecular weight excluding hydrogens is 212 g/mol. The van der Waals surface area contributed by atoms with Crippen LogP contribution in [-0.4, -0.2) is 11.1 Å². The van der Waals surface area contributed by atoms with Gasteiger partial charge in [0.25, 0.3) is 0 Å². The summed E-state index contributed by atoms with van der Waals surface area (Å²) in [4.78, 5) is 10.5. The molecule has 1 N–H and O–H groups in total. The lowest BCUT2D eigenvalue weighted by Gasteiger charge is -2.41. The topological polar surface area (TPSA) is 37.3 Å². The molecule has 0 radical (unpaired) electrons. The summed E-state index contributed by atoms with van der Waals surface area (Å²) < 4.78 is 0. The van der Waals surface area contributed by atoms with Crippen LogP contribution in [0, 0.1) is 17.3 Å². The average molecular weight is 236 g/mol. The van der Waals surface area contributed by atoms with Crippen LogP contribution in [0.25, 0.3) is 0 Å². The summed E-state index contributed by atoms with van der Waals surface area (Å²) in [6.07, 6.45) is 9.27. The van der Waals surface area contributed by atoms with E-state index in [2.05, 4.69) is 26.8 Å². The summed E-state index contributed by atoms with van der Waals surface area (Å²) in [5.41, 5.74) is 1.14. The highest BCUT2D eigenvalue weighted by atomic mass is 16.4. The lowest BCUT2D eigenvalue weighted by Crippen LogP contribution is -2.32. The Hall–Kier alpha value is -1.05. The van der Waals surface area contributed by atoms with Gasteiger partial charge in [0.05, 0.1) is 0 Å². The molecule has 0 spiro atoms. The SMILES string of the molecule is CC(C=CC1C(C)CCCC1(C)C)=CC(=O)O. The minimum Gasteiger partial charge on any atom is -0.478 e. The van der Waals surface area contributed by atoms with E-state index < -0.39 is 5.97 Å². The third-order valence-corrected chi connectivity index (χ3v) is 3.91. The Bertz CT molecular complexity index is 337. The molecule has 0 heterocycles. The first-order valence-electron chi connectivity index (χ1n) is 6.42. The standard InChI is InChI=1S/C15H24O2/c1-11(10-14(16)17)7-8-13-12(2)6-5-9-15(13,3)4/h7-8,10,12-13H,5-6,9H2,1-4H3,(H,16,17). The van der Waals surface area contributed by atoms with Gasteiger partial charge in [0.15, 0.2) is 0 Å². The van der Waals surface area contributed by atoms with Gasteiger partial charge >= 0.3 is 5.97 Å². The van der Waals surface area contributed by atoms with Gasteiger partial charge in [-0.15, -0.1) is 0 Å². The fraction of sp³-hybridized carbons (Fsp3) is 0.667. The molecule has 0 saturated heterocycles. The quantitative estimate of drug-likeness (QED) is 0.593. The maximum absolute atomic E-state index is 10.5. The minimum absolute atomic E-state index is 0.331. The molecule has 2 nitrogen and oxygen atoms in total. The fourth-order valence-corrected chi connectivity index (χ4v) is 2.94. The molecule has 96 valence electrons. The van der Waals surface area contributed by atoms with Gasteiger partial charge in [0, 0.05) is 6.08 Å². The van der Waals surface area contributed by atoms with Crippen molar-refractivity contribution < 1.29 is 9.90 Å². The number of hydrogen-bond donors (Lipinski definition) is 1. The first-order chi connectivity index (χ1) is 7.83. The zero-order valence-electron chi connectivity index (χ0n) is 11.4. The number of carbonyl (C=O) groups is 1. The molecule has 0 aliphatic heterocycles. The average Bonchev–Trinajstić information content (AvgIpc) is 2.14. The predicted octanol–water partition coefficient (Wildman–Crippen LogP) is 4.04. The molecule has 0 aromatic carbocycles. The van der Waals surface area contributed by atoms with Crippen molar-refractivity contribution in [1.29, 1.82) is 0 Å². The smallest absolute Gasteiger partial charge is 0.328 e. The van der Waals surface area contributed by atoms with Crippen LogP contribution in [0.5, 0.6) is 0 Å². The molecule has 2 unspecified atom stereocenters. The molecule has 1 fully saturated rings. The largest absolute Gasteiger partial charge is 0.478 e. The Labute approximate surface area is 104 Å². The van der Waals surface area contributed by atoms with Gasteiger partial charge < -0.3 is 5.11 Å². The lowest BCUT2D eigenvalue weighted by atomic mass is 9.64. The van der Waals surface area contributed by atoms with E-state index in [9.17, 15) is 4.79 Å². The molecule has 2 atom stereocenters. The maximum atomic E-state index is 10.5. The first kappa shape index (κ1) is 14.0. The van der Waals surface area contributed by atoms with Gasteiger partial charge in [-0.2, -0.15) is 0 Å². The molecular formula is C15H24O2. The summed E-state index contributed by atoms with van der Waals surface area (Å²) in [7, 11) is 0. The van der Waals surface area contributed by atoms with Crippen LogP contribution in [0.4, 0.5) is 0 Å². The monoisotopic (exact) mass is 236 g/mol. The van der Waals surface area contributed by atoms with Crippen molar-refractivity contribution in [2.24, 2.45) is 17.3 Å². The summed E-state index contributed by atoms with van der Waals surface area (Å²) in [5.74, 6) is 0.365. The van der Waals surface area contributed by atoms with Gasteiger partial charge in [-0.3, -0.25) is 0 Å². The van der Waals surface area contributed by atoms with Gasteiger partial charge in [0.1, 0.15) is 0 Å². The Morgan fingerprint density at radius 2 is 2.06 bits per heavy atom. The second-order valence-electron chi connectivity index (χ2n) is 5.97. The highest BCUT2D eigenvalue weighted by molar-refractivity contribution is 5.81. The van der Waals surface area contributed by atoms with Crippen LogP contribution in [0.2, 0.25) is 0 Å². The van der Waals surface area contributed by atoms with E-state index >= 15 is 0 Å². The summed E-state index contributed by atoms with van der Waals surface area (Å²) >= 11 is 0. The highest BCUT2D eigenvalue weighted by Gasteiger charge is 2.34. The van der Waals surface area contributed by atoms with E-state index in [0.717, 1.165) is 5.57 Å².